The van der Waals surface area contributed by atoms with Gasteiger partial charge in [-0.15, -0.1) is 0 Å². The molecule has 2 amide bonds. The van der Waals surface area contributed by atoms with Crippen LogP contribution in [-0.4, -0.2) is 73.2 Å². The molecule has 10 nitrogen and oxygen atoms in total. The van der Waals surface area contributed by atoms with E-state index in [1.165, 1.54) is 0 Å². The Morgan fingerprint density at radius 1 is 0.925 bits per heavy atom. The predicted octanol–water partition coefficient (Wildman–Crippen LogP) is 4.49. The second kappa shape index (κ2) is 10.8. The van der Waals surface area contributed by atoms with Crippen LogP contribution in [0.5, 0.6) is 0 Å². The largest absolute Gasteiger partial charge is 0.462 e. The molecule has 10 heteroatoms. The number of anilines is 5. The number of cyclic esters (lactones) is 1. The van der Waals surface area contributed by atoms with Gasteiger partial charge in [0.25, 0.3) is 0 Å². The molecular formula is C30H35N7O3. The first-order valence-corrected chi connectivity index (χ1v) is 13.9. The van der Waals surface area contributed by atoms with Crippen molar-refractivity contribution in [2.75, 3.05) is 66.4 Å². The van der Waals surface area contributed by atoms with Gasteiger partial charge in [-0.2, -0.15) is 4.98 Å². The van der Waals surface area contributed by atoms with Crippen molar-refractivity contribution in [3.05, 3.63) is 64.8 Å². The molecule has 0 atom stereocenters. The molecule has 0 saturated carbocycles. The number of urea groups is 1. The van der Waals surface area contributed by atoms with Crippen LogP contribution < -0.4 is 20.0 Å². The average Bonchev–Trinajstić information content (AvgIpc) is 2.94. The van der Waals surface area contributed by atoms with E-state index < -0.39 is 0 Å². The molecule has 3 aromatic rings. The number of hydrogen-bond donors (Lipinski definition) is 1. The molecule has 4 bridgehead atoms. The minimum Gasteiger partial charge on any atom is -0.462 e. The number of ether oxygens (including phenoxy) is 1. The fourth-order valence-electron chi connectivity index (χ4n) is 5.73. The number of para-hydroxylation sites is 1. The van der Waals surface area contributed by atoms with Gasteiger partial charge in [-0.1, -0.05) is 18.2 Å². The summed E-state index contributed by atoms with van der Waals surface area (Å²) in [6.45, 7) is 8.76. The highest BCUT2D eigenvalue weighted by atomic mass is 16.5. The third kappa shape index (κ3) is 4.95. The van der Waals surface area contributed by atoms with E-state index in [2.05, 4.69) is 27.1 Å². The SMILES string of the molecule is Cc1cccc(C)c1N1Cc2cnc3nc2N(CCCCOC(=O)c2cc(ccc2N2CCN(C)CC2)N3)C1=O. The van der Waals surface area contributed by atoms with Crippen molar-refractivity contribution in [1.29, 1.82) is 0 Å². The van der Waals surface area contributed by atoms with Gasteiger partial charge in [0, 0.05) is 50.2 Å². The standard InChI is InChI=1S/C30H35N7O3/c1-20-7-6-8-21(2)26(20)37-19-22-18-31-29-32-23-9-10-25(35-14-12-34(3)13-15-35)24(17-23)28(38)40-16-5-4-11-36(30(37)39)27(22)33-29/h6-10,17-18H,4-5,11-16,19H2,1-3H3,(H,31,32,33). The lowest BCUT2D eigenvalue weighted by atomic mass is 10.1. The Morgan fingerprint density at radius 2 is 1.70 bits per heavy atom. The van der Waals surface area contributed by atoms with Crippen LogP contribution in [-0.2, 0) is 11.3 Å². The minimum atomic E-state index is -0.346. The number of nitrogens with one attached hydrogen (secondary N) is 1. The molecule has 208 valence electrons. The minimum absolute atomic E-state index is 0.113. The number of likely N-dealkylation sites (N-methyl/N-ethyl adjacent to an activating group) is 1. The molecule has 2 aromatic carbocycles. The van der Waals surface area contributed by atoms with Gasteiger partial charge < -0.3 is 19.9 Å². The molecule has 6 rings (SSSR count). The maximum absolute atomic E-state index is 13.9. The van der Waals surface area contributed by atoms with Gasteiger partial charge in [-0.3, -0.25) is 9.80 Å². The lowest BCUT2D eigenvalue weighted by Crippen LogP contribution is -2.49. The first-order valence-electron chi connectivity index (χ1n) is 13.9. The van der Waals surface area contributed by atoms with E-state index in [1.54, 1.807) is 11.1 Å². The smallest absolute Gasteiger partial charge is 0.340 e. The molecule has 4 heterocycles. The summed E-state index contributed by atoms with van der Waals surface area (Å²) in [5.41, 5.74) is 5.99. The number of hydrogen-bond acceptors (Lipinski definition) is 8. The van der Waals surface area contributed by atoms with Crippen LogP contribution in [0.15, 0.2) is 42.6 Å². The van der Waals surface area contributed by atoms with E-state index in [9.17, 15) is 9.59 Å². The Morgan fingerprint density at radius 3 is 2.48 bits per heavy atom. The van der Waals surface area contributed by atoms with Gasteiger partial charge in [-0.25, -0.2) is 14.6 Å². The summed E-state index contributed by atoms with van der Waals surface area (Å²) in [6, 6.07) is 11.7. The van der Waals surface area contributed by atoms with Crippen molar-refractivity contribution in [2.45, 2.75) is 33.2 Å². The molecular weight excluding hydrogens is 506 g/mol. The molecule has 3 aliphatic heterocycles. The number of aryl methyl sites for hydroxylation is 2. The van der Waals surface area contributed by atoms with Crippen LogP contribution in [0.25, 0.3) is 0 Å². The summed E-state index contributed by atoms with van der Waals surface area (Å²) in [6.07, 6.45) is 3.09. The van der Waals surface area contributed by atoms with Crippen molar-refractivity contribution in [1.82, 2.24) is 14.9 Å². The fraction of sp³-hybridized carbons (Fsp3) is 0.400. The van der Waals surface area contributed by atoms with Crippen LogP contribution in [0.1, 0.15) is 39.9 Å². The second-order valence-electron chi connectivity index (χ2n) is 10.8. The number of benzene rings is 2. The molecule has 40 heavy (non-hydrogen) atoms. The lowest BCUT2D eigenvalue weighted by Gasteiger charge is -2.37. The van der Waals surface area contributed by atoms with Gasteiger partial charge in [0.2, 0.25) is 5.95 Å². The zero-order valence-corrected chi connectivity index (χ0v) is 23.3. The summed E-state index contributed by atoms with van der Waals surface area (Å²) >= 11 is 0. The second-order valence-corrected chi connectivity index (χ2v) is 10.8. The van der Waals surface area contributed by atoms with Crippen LogP contribution in [0.4, 0.5) is 33.6 Å². The van der Waals surface area contributed by atoms with Crippen LogP contribution in [0.3, 0.4) is 0 Å². The summed E-state index contributed by atoms with van der Waals surface area (Å²) in [4.78, 5) is 44.6. The van der Waals surface area contributed by atoms with Gasteiger partial charge in [-0.05, 0) is 63.1 Å². The number of carbonyl (C=O) groups is 2. The highest BCUT2D eigenvalue weighted by molar-refractivity contribution is 6.06. The molecule has 0 unspecified atom stereocenters. The van der Waals surface area contributed by atoms with E-state index >= 15 is 0 Å². The van der Waals surface area contributed by atoms with E-state index in [-0.39, 0.29) is 18.6 Å². The van der Waals surface area contributed by atoms with E-state index in [0.717, 1.165) is 54.2 Å². The number of esters is 1. The highest BCUT2D eigenvalue weighted by Crippen LogP contribution is 2.35. The van der Waals surface area contributed by atoms with Crippen molar-refractivity contribution in [2.24, 2.45) is 0 Å². The Kier molecular flexibility index (Phi) is 7.02. The number of amides is 2. The molecule has 1 aromatic heterocycles. The topological polar surface area (TPSA) is 94.1 Å². The van der Waals surface area contributed by atoms with Crippen molar-refractivity contribution < 1.29 is 14.3 Å². The quantitative estimate of drug-likeness (QED) is 0.475. The van der Waals surface area contributed by atoms with E-state index in [0.29, 0.717) is 48.9 Å². The van der Waals surface area contributed by atoms with Gasteiger partial charge in [0.15, 0.2) is 0 Å². The zero-order chi connectivity index (χ0) is 27.8. The first kappa shape index (κ1) is 26.1. The summed E-state index contributed by atoms with van der Waals surface area (Å²) in [5, 5.41) is 3.26. The highest BCUT2D eigenvalue weighted by Gasteiger charge is 2.34. The molecule has 1 saturated heterocycles. The maximum atomic E-state index is 13.9. The van der Waals surface area contributed by atoms with Crippen molar-refractivity contribution in [3.63, 3.8) is 0 Å². The molecule has 0 spiro atoms. The first-order chi connectivity index (χ1) is 19.4. The third-order valence-corrected chi connectivity index (χ3v) is 7.92. The molecule has 0 aliphatic carbocycles. The number of carbonyl (C=O) groups excluding carboxylic acids is 2. The zero-order valence-electron chi connectivity index (χ0n) is 23.3. The Bertz CT molecular complexity index is 1430. The summed E-state index contributed by atoms with van der Waals surface area (Å²) < 4.78 is 5.74. The Hall–Kier alpha value is -4.18. The third-order valence-electron chi connectivity index (χ3n) is 7.92. The van der Waals surface area contributed by atoms with E-state index in [4.69, 9.17) is 9.72 Å². The average molecular weight is 542 g/mol. The van der Waals surface area contributed by atoms with Gasteiger partial charge in [0.1, 0.15) is 5.82 Å². The summed E-state index contributed by atoms with van der Waals surface area (Å²) in [7, 11) is 2.11. The number of nitrogens with zero attached hydrogens (tertiary/aromatic N) is 6. The van der Waals surface area contributed by atoms with E-state index in [1.807, 2.05) is 55.1 Å². The number of piperazine rings is 1. The van der Waals surface area contributed by atoms with Crippen molar-refractivity contribution >= 4 is 40.8 Å². The number of aromatic nitrogens is 2. The molecule has 0 radical (unpaired) electrons. The normalized spacial score (nSPS) is 18.2. The Labute approximate surface area is 234 Å². The van der Waals surface area contributed by atoms with Crippen LogP contribution in [0.2, 0.25) is 0 Å². The lowest BCUT2D eigenvalue weighted by molar-refractivity contribution is 0.0499. The fourth-order valence-corrected chi connectivity index (χ4v) is 5.73. The summed E-state index contributed by atoms with van der Waals surface area (Å²) in [5.74, 6) is 0.649. The molecule has 1 N–H and O–H groups in total. The predicted molar refractivity (Wildman–Crippen MR) is 156 cm³/mol. The van der Waals surface area contributed by atoms with Crippen LogP contribution >= 0.6 is 0 Å². The number of rotatable bonds is 2. The monoisotopic (exact) mass is 541 g/mol. The molecule has 1 fully saturated rings. The number of fused-ring (bicyclic) bond motifs is 3. The van der Waals surface area contributed by atoms with Gasteiger partial charge in [0.05, 0.1) is 30.1 Å². The van der Waals surface area contributed by atoms with Gasteiger partial charge >= 0.3 is 12.0 Å². The Balaban J connectivity index is 1.35. The van der Waals surface area contributed by atoms with Crippen LogP contribution in [0, 0.1) is 13.8 Å². The molecule has 3 aliphatic rings. The van der Waals surface area contributed by atoms with Crippen molar-refractivity contribution in [3.8, 4) is 0 Å². The maximum Gasteiger partial charge on any atom is 0.340 e.